The second-order valence-electron chi connectivity index (χ2n) is 4.14. The number of oxime groups is 1. The molecule has 0 heterocycles. The van der Waals surface area contributed by atoms with Gasteiger partial charge in [0.1, 0.15) is 5.75 Å². The highest BCUT2D eigenvalue weighted by atomic mass is 16.5. The fourth-order valence-electron chi connectivity index (χ4n) is 1.79. The van der Waals surface area contributed by atoms with Crippen LogP contribution in [0.1, 0.15) is 12.0 Å². The van der Waals surface area contributed by atoms with Gasteiger partial charge < -0.3 is 25.3 Å². The molecule has 0 amide bonds. The van der Waals surface area contributed by atoms with Crippen LogP contribution in [-0.4, -0.2) is 45.5 Å². The van der Waals surface area contributed by atoms with Crippen molar-refractivity contribution in [1.29, 1.82) is 0 Å². The lowest BCUT2D eigenvalue weighted by Gasteiger charge is -2.22. The summed E-state index contributed by atoms with van der Waals surface area (Å²) in [5, 5.41) is 11.9. The van der Waals surface area contributed by atoms with Gasteiger partial charge in [-0.15, -0.1) is 0 Å². The van der Waals surface area contributed by atoms with E-state index in [0.717, 1.165) is 24.4 Å². The van der Waals surface area contributed by atoms with Gasteiger partial charge in [-0.1, -0.05) is 5.16 Å². The van der Waals surface area contributed by atoms with E-state index >= 15 is 0 Å². The molecule has 0 fully saturated rings. The lowest BCUT2D eigenvalue weighted by molar-refractivity contribution is 0.196. The topological polar surface area (TPSA) is 80.3 Å². The van der Waals surface area contributed by atoms with Gasteiger partial charge in [-0.2, -0.15) is 0 Å². The highest BCUT2D eigenvalue weighted by Gasteiger charge is 2.12. The summed E-state index contributed by atoms with van der Waals surface area (Å²) in [6.45, 7) is 1.49. The molecule has 106 valence electrons. The van der Waals surface area contributed by atoms with E-state index in [9.17, 15) is 0 Å². The number of rotatable bonds is 7. The van der Waals surface area contributed by atoms with Crippen molar-refractivity contribution in [2.75, 3.05) is 39.3 Å². The van der Waals surface area contributed by atoms with Crippen molar-refractivity contribution in [2.24, 2.45) is 10.9 Å². The smallest absolute Gasteiger partial charge is 0.172 e. The highest BCUT2D eigenvalue weighted by Crippen LogP contribution is 2.25. The van der Waals surface area contributed by atoms with Crippen LogP contribution in [0.4, 0.5) is 5.69 Å². The number of methoxy groups -OCH3 is 2. The van der Waals surface area contributed by atoms with Gasteiger partial charge in [-0.3, -0.25) is 0 Å². The molecule has 0 spiro atoms. The number of ether oxygens (including phenoxy) is 2. The van der Waals surface area contributed by atoms with Crippen LogP contribution < -0.4 is 15.4 Å². The van der Waals surface area contributed by atoms with E-state index in [1.54, 1.807) is 26.4 Å². The monoisotopic (exact) mass is 267 g/mol. The molecule has 3 N–H and O–H groups in total. The number of benzene rings is 1. The fraction of sp³-hybridized carbons (Fsp3) is 0.462. The summed E-state index contributed by atoms with van der Waals surface area (Å²) in [4.78, 5) is 2.02. The quantitative estimate of drug-likeness (QED) is 0.256. The zero-order chi connectivity index (χ0) is 14.3. The van der Waals surface area contributed by atoms with E-state index in [4.69, 9.17) is 20.4 Å². The van der Waals surface area contributed by atoms with Gasteiger partial charge >= 0.3 is 0 Å². The minimum Gasteiger partial charge on any atom is -0.497 e. The summed E-state index contributed by atoms with van der Waals surface area (Å²) >= 11 is 0. The van der Waals surface area contributed by atoms with Gasteiger partial charge in [-0.05, 0) is 18.6 Å². The fourth-order valence-corrected chi connectivity index (χ4v) is 1.79. The van der Waals surface area contributed by atoms with Crippen LogP contribution in [0, 0.1) is 0 Å². The summed E-state index contributed by atoms with van der Waals surface area (Å²) in [6, 6.07) is 5.41. The molecule has 0 aliphatic rings. The molecule has 0 atom stereocenters. The first-order valence-corrected chi connectivity index (χ1v) is 6.00. The molecule has 0 saturated carbocycles. The Balaban J connectivity index is 3.00. The van der Waals surface area contributed by atoms with Crippen molar-refractivity contribution in [3.05, 3.63) is 23.8 Å². The maximum absolute atomic E-state index is 8.83. The third kappa shape index (κ3) is 4.03. The molecule has 0 saturated heterocycles. The SMILES string of the molecule is COCCCN(C)c1cc(OC)ccc1/C(N)=N/O. The summed E-state index contributed by atoms with van der Waals surface area (Å²) in [7, 11) is 5.22. The van der Waals surface area contributed by atoms with Crippen molar-refractivity contribution in [3.8, 4) is 5.75 Å². The predicted molar refractivity (Wildman–Crippen MR) is 75.3 cm³/mol. The van der Waals surface area contributed by atoms with Crippen LogP contribution in [0.15, 0.2) is 23.4 Å². The zero-order valence-corrected chi connectivity index (χ0v) is 11.6. The van der Waals surface area contributed by atoms with E-state index in [0.29, 0.717) is 12.2 Å². The van der Waals surface area contributed by atoms with Crippen LogP contribution in [-0.2, 0) is 4.74 Å². The highest BCUT2D eigenvalue weighted by molar-refractivity contribution is 6.02. The maximum Gasteiger partial charge on any atom is 0.172 e. The molecule has 0 aromatic heterocycles. The molecule has 0 unspecified atom stereocenters. The van der Waals surface area contributed by atoms with Crippen LogP contribution in [0.2, 0.25) is 0 Å². The summed E-state index contributed by atoms with van der Waals surface area (Å²) in [5.41, 5.74) is 7.21. The first-order chi connectivity index (χ1) is 9.13. The van der Waals surface area contributed by atoms with Crippen molar-refractivity contribution in [1.82, 2.24) is 0 Å². The van der Waals surface area contributed by atoms with Crippen LogP contribution in [0.3, 0.4) is 0 Å². The van der Waals surface area contributed by atoms with Crippen molar-refractivity contribution < 1.29 is 14.7 Å². The van der Waals surface area contributed by atoms with Crippen molar-refractivity contribution in [2.45, 2.75) is 6.42 Å². The Morgan fingerprint density at radius 1 is 1.42 bits per heavy atom. The third-order valence-corrected chi connectivity index (χ3v) is 2.84. The van der Waals surface area contributed by atoms with Crippen LogP contribution in [0.5, 0.6) is 5.75 Å². The number of hydrogen-bond donors (Lipinski definition) is 2. The molecule has 1 rings (SSSR count). The average molecular weight is 267 g/mol. The molecular weight excluding hydrogens is 246 g/mol. The average Bonchev–Trinajstić information content (AvgIpc) is 2.45. The molecule has 19 heavy (non-hydrogen) atoms. The standard InChI is InChI=1S/C13H21N3O3/c1-16(7-4-8-18-2)12-9-10(19-3)5-6-11(12)13(14)15-17/h5-6,9,17H,4,7-8H2,1-3H3,(H2,14,15). The third-order valence-electron chi connectivity index (χ3n) is 2.84. The Kier molecular flexibility index (Phi) is 5.95. The second kappa shape index (κ2) is 7.48. The Labute approximate surface area is 113 Å². The summed E-state index contributed by atoms with van der Waals surface area (Å²) < 4.78 is 10.2. The second-order valence-corrected chi connectivity index (χ2v) is 4.14. The minimum atomic E-state index is 0.0799. The van der Waals surface area contributed by atoms with E-state index < -0.39 is 0 Å². The van der Waals surface area contributed by atoms with Crippen LogP contribution in [0.25, 0.3) is 0 Å². The van der Waals surface area contributed by atoms with Crippen LogP contribution >= 0.6 is 0 Å². The first kappa shape index (κ1) is 15.1. The maximum atomic E-state index is 8.83. The Morgan fingerprint density at radius 3 is 2.74 bits per heavy atom. The predicted octanol–water partition coefficient (Wildman–Crippen LogP) is 1.26. The number of hydrogen-bond acceptors (Lipinski definition) is 5. The molecule has 0 aliphatic carbocycles. The summed E-state index contributed by atoms with van der Waals surface area (Å²) in [6.07, 6.45) is 0.889. The van der Waals surface area contributed by atoms with Gasteiger partial charge in [0.25, 0.3) is 0 Å². The molecule has 1 aromatic carbocycles. The number of nitrogens with zero attached hydrogens (tertiary/aromatic N) is 2. The van der Waals surface area contributed by atoms with Gasteiger partial charge in [0.2, 0.25) is 0 Å². The van der Waals surface area contributed by atoms with E-state index in [2.05, 4.69) is 5.16 Å². The number of nitrogens with two attached hydrogens (primary N) is 1. The largest absolute Gasteiger partial charge is 0.497 e. The molecule has 0 bridgehead atoms. The normalized spacial score (nSPS) is 11.4. The van der Waals surface area contributed by atoms with E-state index in [1.807, 2.05) is 18.0 Å². The Bertz CT molecular complexity index is 435. The number of amidine groups is 1. The van der Waals surface area contributed by atoms with Gasteiger partial charge in [0.15, 0.2) is 5.84 Å². The van der Waals surface area contributed by atoms with Gasteiger partial charge in [-0.25, -0.2) is 0 Å². The molecule has 6 heteroatoms. The number of anilines is 1. The van der Waals surface area contributed by atoms with E-state index in [-0.39, 0.29) is 5.84 Å². The lowest BCUT2D eigenvalue weighted by atomic mass is 10.1. The molecule has 0 radical (unpaired) electrons. The van der Waals surface area contributed by atoms with E-state index in [1.165, 1.54) is 0 Å². The Morgan fingerprint density at radius 2 is 2.16 bits per heavy atom. The molecule has 1 aromatic rings. The van der Waals surface area contributed by atoms with Crippen molar-refractivity contribution in [3.63, 3.8) is 0 Å². The lowest BCUT2D eigenvalue weighted by Crippen LogP contribution is -2.24. The first-order valence-electron chi connectivity index (χ1n) is 6.00. The molecule has 6 nitrogen and oxygen atoms in total. The molecular formula is C13H21N3O3. The zero-order valence-electron chi connectivity index (χ0n) is 11.6. The summed E-state index contributed by atoms with van der Waals surface area (Å²) in [5.74, 6) is 0.805. The van der Waals surface area contributed by atoms with Crippen molar-refractivity contribution >= 4 is 11.5 Å². The molecule has 0 aliphatic heterocycles. The Hall–Kier alpha value is -1.95. The van der Waals surface area contributed by atoms with Gasteiger partial charge in [0.05, 0.1) is 12.8 Å². The minimum absolute atomic E-state index is 0.0799. The van der Waals surface area contributed by atoms with Gasteiger partial charge in [0, 0.05) is 38.9 Å².